The van der Waals surface area contributed by atoms with Gasteiger partial charge in [0.25, 0.3) is 0 Å². The highest BCUT2D eigenvalue weighted by atomic mass is 32.2. The smallest absolute Gasteiger partial charge is 0.407 e. The van der Waals surface area contributed by atoms with Gasteiger partial charge in [0.1, 0.15) is 12.7 Å². The first kappa shape index (κ1) is 34.8. The van der Waals surface area contributed by atoms with Crippen LogP contribution < -0.4 is 5.32 Å². The lowest BCUT2D eigenvalue weighted by molar-refractivity contribution is -0.169. The minimum atomic E-state index is -4.02. The van der Waals surface area contributed by atoms with E-state index >= 15 is 0 Å². The van der Waals surface area contributed by atoms with Crippen molar-refractivity contribution in [2.75, 3.05) is 33.4 Å². The van der Waals surface area contributed by atoms with E-state index in [4.69, 9.17) is 23.4 Å². The van der Waals surface area contributed by atoms with Crippen LogP contribution in [0.1, 0.15) is 45.9 Å². The molecule has 6 rings (SSSR count). The summed E-state index contributed by atoms with van der Waals surface area (Å²) in [6.07, 6.45) is 7.28. The van der Waals surface area contributed by atoms with E-state index in [2.05, 4.69) is 23.3 Å². The first-order valence-corrected chi connectivity index (χ1v) is 18.2. The summed E-state index contributed by atoms with van der Waals surface area (Å²) in [6.45, 7) is 7.12. The van der Waals surface area contributed by atoms with Gasteiger partial charge in [-0.2, -0.15) is 4.31 Å². The van der Waals surface area contributed by atoms with Gasteiger partial charge in [-0.05, 0) is 55.4 Å². The molecule has 2 aliphatic carbocycles. The van der Waals surface area contributed by atoms with E-state index in [-0.39, 0.29) is 60.7 Å². The fourth-order valence-corrected chi connectivity index (χ4v) is 9.02. The molecule has 4 aliphatic rings. The Morgan fingerprint density at radius 1 is 1.15 bits per heavy atom. The molecule has 2 bridgehead atoms. The van der Waals surface area contributed by atoms with Gasteiger partial charge in [0.05, 0.1) is 36.5 Å². The SMILES string of the molecule is COCc1ncc(-c2ccc(S(=O)(=O)N(CC(C)C)C[C@@H](O)[C@H](CC3=CC=CC(C)C3)NC(=O)OC3C4COC5OCC3C5C4)cc2)o1. The van der Waals surface area contributed by atoms with Crippen LogP contribution in [0.5, 0.6) is 0 Å². The Bertz CT molecular complexity index is 1590. The summed E-state index contributed by atoms with van der Waals surface area (Å²) in [5.74, 6) is 1.61. The van der Waals surface area contributed by atoms with Gasteiger partial charge < -0.3 is 33.8 Å². The number of aromatic nitrogens is 1. The summed E-state index contributed by atoms with van der Waals surface area (Å²) in [6, 6.07) is 5.59. The number of rotatable bonds is 14. The second-order valence-corrected chi connectivity index (χ2v) is 15.9. The molecule has 1 saturated carbocycles. The molecule has 2 saturated heterocycles. The fraction of sp³-hybridized carbons (Fsp3) is 0.600. The Labute approximate surface area is 282 Å². The van der Waals surface area contributed by atoms with Gasteiger partial charge in [0, 0.05) is 43.5 Å². The molecule has 0 radical (unpaired) electrons. The van der Waals surface area contributed by atoms with Crippen molar-refractivity contribution in [3.8, 4) is 11.3 Å². The lowest BCUT2D eigenvalue weighted by atomic mass is 9.90. The van der Waals surface area contributed by atoms with E-state index in [1.165, 1.54) is 16.4 Å². The lowest BCUT2D eigenvalue weighted by Gasteiger charge is -2.32. The van der Waals surface area contributed by atoms with E-state index in [1.807, 2.05) is 26.0 Å². The van der Waals surface area contributed by atoms with Crippen LogP contribution in [0.2, 0.25) is 0 Å². The van der Waals surface area contributed by atoms with Crippen molar-refractivity contribution in [1.82, 2.24) is 14.6 Å². The monoisotopic (exact) mass is 685 g/mol. The van der Waals surface area contributed by atoms with E-state index in [1.54, 1.807) is 25.4 Å². The summed E-state index contributed by atoms with van der Waals surface area (Å²) < 4.78 is 57.7. The van der Waals surface area contributed by atoms with Crippen LogP contribution >= 0.6 is 0 Å². The minimum absolute atomic E-state index is 0.0236. The predicted molar refractivity (Wildman–Crippen MR) is 176 cm³/mol. The number of hydrogen-bond donors (Lipinski definition) is 2. The van der Waals surface area contributed by atoms with Crippen LogP contribution in [0.4, 0.5) is 4.79 Å². The van der Waals surface area contributed by atoms with Crippen molar-refractivity contribution in [3.63, 3.8) is 0 Å². The van der Waals surface area contributed by atoms with Crippen LogP contribution in [0.15, 0.2) is 63.6 Å². The van der Waals surface area contributed by atoms with Crippen LogP contribution in [-0.2, 0) is 35.6 Å². The second kappa shape index (κ2) is 14.8. The van der Waals surface area contributed by atoms with Gasteiger partial charge >= 0.3 is 6.09 Å². The van der Waals surface area contributed by atoms with E-state index in [0.717, 1.165) is 18.4 Å². The predicted octanol–water partition coefficient (Wildman–Crippen LogP) is 4.51. The van der Waals surface area contributed by atoms with Crippen LogP contribution in [0.3, 0.4) is 0 Å². The standard InChI is InChI=1S/C35H47N3O9S/c1-21(2)16-38(48(41,42)26-10-8-24(9-11-26)31-15-36-32(46-31)20-43-4)17-30(39)29(13-23-7-5-6-22(3)12-23)37-35(40)47-33-25-14-27-28(33)19-45-34(27)44-18-25/h5-11,15,21-22,25,27-30,33-34,39H,12-14,16-20H2,1-4H3,(H,37,40)/t22?,25?,27?,28?,29-,30+,33?,34?/m0/s1. The van der Waals surface area contributed by atoms with Gasteiger partial charge in [-0.25, -0.2) is 18.2 Å². The molecule has 2 aromatic rings. The number of nitrogens with zero attached hydrogens (tertiary/aromatic N) is 2. The average Bonchev–Trinajstić information content (AvgIpc) is 3.75. The number of aliphatic hydroxyl groups is 1. The first-order chi connectivity index (χ1) is 23.0. The number of amides is 1. The molecule has 2 N–H and O–H groups in total. The number of carbonyl (C=O) groups excluding carboxylic acids is 1. The number of methoxy groups -OCH3 is 1. The van der Waals surface area contributed by atoms with Crippen molar-refractivity contribution in [3.05, 3.63) is 60.2 Å². The molecule has 3 fully saturated rings. The summed E-state index contributed by atoms with van der Waals surface area (Å²) in [4.78, 5) is 17.7. The highest BCUT2D eigenvalue weighted by Crippen LogP contribution is 2.49. The van der Waals surface area contributed by atoms with Crippen molar-refractivity contribution in [2.45, 2.75) is 76.1 Å². The molecule has 262 valence electrons. The zero-order valence-corrected chi connectivity index (χ0v) is 28.8. The molecule has 6 unspecified atom stereocenters. The Hall–Kier alpha value is -3.07. The number of sulfonamides is 1. The van der Waals surface area contributed by atoms with Crippen LogP contribution in [0.25, 0.3) is 11.3 Å². The zero-order chi connectivity index (χ0) is 34.0. The molecule has 1 amide bonds. The van der Waals surface area contributed by atoms with Gasteiger partial charge in [0.2, 0.25) is 15.9 Å². The molecule has 0 spiro atoms. The van der Waals surface area contributed by atoms with E-state index in [0.29, 0.717) is 42.8 Å². The Balaban J connectivity index is 1.18. The summed E-state index contributed by atoms with van der Waals surface area (Å²) >= 11 is 0. The highest BCUT2D eigenvalue weighted by molar-refractivity contribution is 7.89. The zero-order valence-electron chi connectivity index (χ0n) is 28.0. The van der Waals surface area contributed by atoms with Crippen LogP contribution in [-0.4, -0.2) is 86.9 Å². The number of fused-ring (bicyclic) bond motifs is 1. The molecule has 2 aliphatic heterocycles. The molecule has 1 aromatic heterocycles. The molecule has 13 heteroatoms. The second-order valence-electron chi connectivity index (χ2n) is 13.9. The number of alkyl carbamates (subject to hydrolysis) is 1. The number of benzene rings is 1. The number of ether oxygens (including phenoxy) is 4. The molecular weight excluding hydrogens is 638 g/mol. The van der Waals surface area contributed by atoms with Gasteiger partial charge in [0.15, 0.2) is 12.1 Å². The number of hydrogen-bond acceptors (Lipinski definition) is 10. The maximum Gasteiger partial charge on any atom is 0.407 e. The van der Waals surface area contributed by atoms with Crippen molar-refractivity contribution >= 4 is 16.1 Å². The third kappa shape index (κ3) is 7.71. The number of carbonyl (C=O) groups is 1. The molecule has 3 heterocycles. The normalized spacial score (nSPS) is 27.7. The first-order valence-electron chi connectivity index (χ1n) is 16.8. The third-order valence-electron chi connectivity index (χ3n) is 9.69. The Kier molecular flexibility index (Phi) is 10.7. The topological polar surface area (TPSA) is 150 Å². The summed E-state index contributed by atoms with van der Waals surface area (Å²) in [7, 11) is -2.47. The number of nitrogens with one attached hydrogen (secondary N) is 1. The quantitative estimate of drug-likeness (QED) is 0.291. The van der Waals surface area contributed by atoms with E-state index < -0.39 is 28.3 Å². The molecular formula is C35H47N3O9S. The molecule has 8 atom stereocenters. The van der Waals surface area contributed by atoms with E-state index in [9.17, 15) is 18.3 Å². The fourth-order valence-electron chi connectivity index (χ4n) is 7.39. The van der Waals surface area contributed by atoms with Crippen molar-refractivity contribution in [1.29, 1.82) is 0 Å². The van der Waals surface area contributed by atoms with Crippen LogP contribution in [0, 0.1) is 29.6 Å². The molecule has 12 nitrogen and oxygen atoms in total. The lowest BCUT2D eigenvalue weighted by Crippen LogP contribution is -2.51. The maximum atomic E-state index is 14.0. The number of aliphatic hydroxyl groups excluding tert-OH is 1. The van der Waals surface area contributed by atoms with Gasteiger partial charge in [-0.15, -0.1) is 0 Å². The van der Waals surface area contributed by atoms with Gasteiger partial charge in [-0.3, -0.25) is 0 Å². The minimum Gasteiger partial charge on any atom is -0.445 e. The number of allylic oxidation sites excluding steroid dienone is 3. The largest absolute Gasteiger partial charge is 0.445 e. The van der Waals surface area contributed by atoms with Crippen molar-refractivity contribution in [2.24, 2.45) is 29.6 Å². The Morgan fingerprint density at radius 3 is 2.65 bits per heavy atom. The molecule has 48 heavy (non-hydrogen) atoms. The summed E-state index contributed by atoms with van der Waals surface area (Å²) in [5, 5.41) is 14.6. The Morgan fingerprint density at radius 2 is 1.92 bits per heavy atom. The molecule has 1 aromatic carbocycles. The van der Waals surface area contributed by atoms with Crippen molar-refractivity contribution < 1.29 is 41.7 Å². The van der Waals surface area contributed by atoms with Gasteiger partial charge in [-0.1, -0.05) is 44.6 Å². The highest BCUT2D eigenvalue weighted by Gasteiger charge is 2.56. The maximum absolute atomic E-state index is 14.0. The average molecular weight is 686 g/mol. The number of oxazole rings is 1. The third-order valence-corrected chi connectivity index (χ3v) is 11.5. The summed E-state index contributed by atoms with van der Waals surface area (Å²) in [5.41, 5.74) is 1.73.